The minimum atomic E-state index is -0.299. The van der Waals surface area contributed by atoms with Crippen molar-refractivity contribution in [2.45, 2.75) is 57.8 Å². The highest BCUT2D eigenvalue weighted by atomic mass is 16.5. The number of rotatable bonds is 6. The number of aliphatic hydroxyl groups is 1. The highest BCUT2D eigenvalue weighted by Crippen LogP contribution is 2.18. The molecule has 1 N–H and O–H groups in total. The summed E-state index contributed by atoms with van der Waals surface area (Å²) in [6.45, 7) is 3.89. The maximum absolute atomic E-state index is 9.99. The van der Waals surface area contributed by atoms with Crippen molar-refractivity contribution >= 4 is 0 Å². The van der Waals surface area contributed by atoms with Crippen molar-refractivity contribution in [2.75, 3.05) is 6.61 Å². The number of ether oxygens (including phenoxy) is 1. The third kappa shape index (κ3) is 3.54. The summed E-state index contributed by atoms with van der Waals surface area (Å²) in [4.78, 5) is 4.28. The second kappa shape index (κ2) is 6.17. The molecule has 4 heteroatoms. The molecule has 2 unspecified atom stereocenters. The Morgan fingerprint density at radius 3 is 3.24 bits per heavy atom. The SMILES string of the molecule is CCn1ccnc1CC(O)CCC1CCCO1. The zero-order valence-electron chi connectivity index (χ0n) is 10.5. The number of imidazole rings is 1. The Labute approximate surface area is 103 Å². The normalized spacial score (nSPS) is 21.9. The van der Waals surface area contributed by atoms with Crippen molar-refractivity contribution in [3.63, 3.8) is 0 Å². The number of hydrogen-bond acceptors (Lipinski definition) is 3. The Morgan fingerprint density at radius 1 is 1.65 bits per heavy atom. The Bertz CT molecular complexity index is 332. The van der Waals surface area contributed by atoms with Crippen molar-refractivity contribution < 1.29 is 9.84 Å². The predicted molar refractivity (Wildman–Crippen MR) is 65.8 cm³/mol. The zero-order valence-corrected chi connectivity index (χ0v) is 10.5. The molecule has 0 spiro atoms. The van der Waals surface area contributed by atoms with E-state index in [0.29, 0.717) is 12.5 Å². The van der Waals surface area contributed by atoms with Crippen molar-refractivity contribution in [2.24, 2.45) is 0 Å². The first-order chi connectivity index (χ1) is 8.29. The van der Waals surface area contributed by atoms with E-state index in [1.54, 1.807) is 6.20 Å². The first kappa shape index (κ1) is 12.6. The van der Waals surface area contributed by atoms with Crippen molar-refractivity contribution in [3.05, 3.63) is 18.2 Å². The molecule has 1 fully saturated rings. The Balaban J connectivity index is 1.74. The molecule has 1 aromatic heterocycles. The van der Waals surface area contributed by atoms with E-state index in [0.717, 1.165) is 38.2 Å². The molecule has 2 rings (SSSR count). The van der Waals surface area contributed by atoms with E-state index in [2.05, 4.69) is 16.5 Å². The fraction of sp³-hybridized carbons (Fsp3) is 0.769. The lowest BCUT2D eigenvalue weighted by Crippen LogP contribution is -2.17. The molecule has 2 heterocycles. The molecule has 1 aliphatic rings. The molecule has 4 nitrogen and oxygen atoms in total. The van der Waals surface area contributed by atoms with Crippen LogP contribution in [0.3, 0.4) is 0 Å². The lowest BCUT2D eigenvalue weighted by molar-refractivity contribution is 0.0806. The van der Waals surface area contributed by atoms with Gasteiger partial charge in [-0.1, -0.05) is 0 Å². The fourth-order valence-electron chi connectivity index (χ4n) is 2.38. The van der Waals surface area contributed by atoms with Crippen LogP contribution in [0.2, 0.25) is 0 Å². The lowest BCUT2D eigenvalue weighted by Gasteiger charge is -2.14. The van der Waals surface area contributed by atoms with E-state index in [1.807, 2.05) is 6.20 Å². The van der Waals surface area contributed by atoms with E-state index in [1.165, 1.54) is 6.42 Å². The van der Waals surface area contributed by atoms with Gasteiger partial charge in [0.2, 0.25) is 0 Å². The van der Waals surface area contributed by atoms with Crippen LogP contribution in [0.5, 0.6) is 0 Å². The summed E-state index contributed by atoms with van der Waals surface area (Å²) >= 11 is 0. The number of aromatic nitrogens is 2. The predicted octanol–water partition coefficient (Wildman–Crippen LogP) is 1.77. The molecule has 0 radical (unpaired) electrons. The minimum absolute atomic E-state index is 0.299. The molecule has 96 valence electrons. The summed E-state index contributed by atoms with van der Waals surface area (Å²) in [6, 6.07) is 0. The summed E-state index contributed by atoms with van der Waals surface area (Å²) in [5.74, 6) is 0.979. The van der Waals surface area contributed by atoms with E-state index < -0.39 is 0 Å². The van der Waals surface area contributed by atoms with Crippen LogP contribution < -0.4 is 0 Å². The second-order valence-electron chi connectivity index (χ2n) is 4.70. The van der Waals surface area contributed by atoms with Crippen LogP contribution in [0.25, 0.3) is 0 Å². The van der Waals surface area contributed by atoms with Crippen LogP contribution in [-0.4, -0.2) is 33.5 Å². The molecule has 1 aromatic rings. The van der Waals surface area contributed by atoms with Crippen molar-refractivity contribution in [1.29, 1.82) is 0 Å². The van der Waals surface area contributed by atoms with Gasteiger partial charge in [0.1, 0.15) is 5.82 Å². The van der Waals surface area contributed by atoms with Gasteiger partial charge in [0.15, 0.2) is 0 Å². The van der Waals surface area contributed by atoms with Gasteiger partial charge in [-0.2, -0.15) is 0 Å². The van der Waals surface area contributed by atoms with Gasteiger partial charge in [-0.3, -0.25) is 0 Å². The quantitative estimate of drug-likeness (QED) is 0.821. The topological polar surface area (TPSA) is 47.3 Å². The summed E-state index contributed by atoms with van der Waals surface area (Å²) in [6.07, 6.45) is 8.57. The molecule has 17 heavy (non-hydrogen) atoms. The summed E-state index contributed by atoms with van der Waals surface area (Å²) in [5.41, 5.74) is 0. The number of aryl methyl sites for hydroxylation is 1. The maximum atomic E-state index is 9.99. The summed E-state index contributed by atoms with van der Waals surface area (Å²) in [7, 11) is 0. The number of aliphatic hydroxyl groups excluding tert-OH is 1. The van der Waals surface area contributed by atoms with Gasteiger partial charge in [-0.25, -0.2) is 4.98 Å². The van der Waals surface area contributed by atoms with E-state index in [9.17, 15) is 5.11 Å². The molecule has 0 aromatic carbocycles. The summed E-state index contributed by atoms with van der Waals surface area (Å²) < 4.78 is 7.63. The van der Waals surface area contributed by atoms with Crippen LogP contribution in [0.4, 0.5) is 0 Å². The van der Waals surface area contributed by atoms with Gasteiger partial charge < -0.3 is 14.4 Å². The van der Waals surface area contributed by atoms with Gasteiger partial charge in [-0.05, 0) is 32.6 Å². The standard InChI is InChI=1S/C13H22N2O2/c1-2-15-8-7-14-13(15)10-11(16)5-6-12-4-3-9-17-12/h7-8,11-12,16H,2-6,9-10H2,1H3. The van der Waals surface area contributed by atoms with E-state index in [4.69, 9.17) is 4.74 Å². The van der Waals surface area contributed by atoms with Gasteiger partial charge in [0.05, 0.1) is 12.2 Å². The zero-order chi connectivity index (χ0) is 12.1. The second-order valence-corrected chi connectivity index (χ2v) is 4.70. The van der Waals surface area contributed by atoms with Gasteiger partial charge in [0, 0.05) is 32.0 Å². The summed E-state index contributed by atoms with van der Waals surface area (Å²) in [5, 5.41) is 9.99. The van der Waals surface area contributed by atoms with Crippen LogP contribution in [0.1, 0.15) is 38.4 Å². The highest BCUT2D eigenvalue weighted by molar-refractivity contribution is 4.94. The maximum Gasteiger partial charge on any atom is 0.111 e. The van der Waals surface area contributed by atoms with Crippen molar-refractivity contribution in [3.8, 4) is 0 Å². The Morgan fingerprint density at radius 2 is 2.53 bits per heavy atom. The smallest absolute Gasteiger partial charge is 0.111 e. The molecular weight excluding hydrogens is 216 g/mol. The molecule has 1 aliphatic heterocycles. The van der Waals surface area contributed by atoms with Gasteiger partial charge in [-0.15, -0.1) is 0 Å². The molecular formula is C13H22N2O2. The minimum Gasteiger partial charge on any atom is -0.393 e. The van der Waals surface area contributed by atoms with Crippen LogP contribution in [0.15, 0.2) is 12.4 Å². The van der Waals surface area contributed by atoms with Crippen LogP contribution in [-0.2, 0) is 17.7 Å². The molecule has 2 atom stereocenters. The van der Waals surface area contributed by atoms with E-state index in [-0.39, 0.29) is 6.10 Å². The largest absolute Gasteiger partial charge is 0.393 e. The van der Waals surface area contributed by atoms with Crippen molar-refractivity contribution in [1.82, 2.24) is 9.55 Å². The Kier molecular flexibility index (Phi) is 4.57. The van der Waals surface area contributed by atoms with Crippen LogP contribution >= 0.6 is 0 Å². The number of nitrogens with zero attached hydrogens (tertiary/aromatic N) is 2. The average Bonchev–Trinajstić information content (AvgIpc) is 2.97. The monoisotopic (exact) mass is 238 g/mol. The molecule has 0 saturated carbocycles. The molecule has 0 bridgehead atoms. The highest BCUT2D eigenvalue weighted by Gasteiger charge is 2.17. The van der Waals surface area contributed by atoms with Crippen LogP contribution in [0, 0.1) is 0 Å². The first-order valence-corrected chi connectivity index (χ1v) is 6.59. The molecule has 0 amide bonds. The fourth-order valence-corrected chi connectivity index (χ4v) is 2.38. The van der Waals surface area contributed by atoms with E-state index >= 15 is 0 Å². The third-order valence-electron chi connectivity index (χ3n) is 3.41. The molecule has 1 saturated heterocycles. The van der Waals surface area contributed by atoms with Gasteiger partial charge >= 0.3 is 0 Å². The molecule has 0 aliphatic carbocycles. The van der Waals surface area contributed by atoms with Gasteiger partial charge in [0.25, 0.3) is 0 Å². The average molecular weight is 238 g/mol. The number of hydrogen-bond donors (Lipinski definition) is 1. The first-order valence-electron chi connectivity index (χ1n) is 6.59. The lowest BCUT2D eigenvalue weighted by atomic mass is 10.1. The Hall–Kier alpha value is -0.870. The third-order valence-corrected chi connectivity index (χ3v) is 3.41.